The Labute approximate surface area is 225 Å². The second kappa shape index (κ2) is 18.2. The van der Waals surface area contributed by atoms with Crippen molar-refractivity contribution in [1.82, 2.24) is 5.32 Å². The largest absolute Gasteiger partial charge is 0.492 e. The van der Waals surface area contributed by atoms with Gasteiger partial charge in [-0.25, -0.2) is 0 Å². The molecule has 0 aliphatic heterocycles. The van der Waals surface area contributed by atoms with Crippen LogP contribution >= 0.6 is 0 Å². The lowest BCUT2D eigenvalue weighted by atomic mass is 9.97. The van der Waals surface area contributed by atoms with Crippen molar-refractivity contribution in [2.75, 3.05) is 13.7 Å². The second-order valence-corrected chi connectivity index (χ2v) is 9.56. The van der Waals surface area contributed by atoms with Crippen LogP contribution in [0, 0.1) is 17.2 Å². The summed E-state index contributed by atoms with van der Waals surface area (Å²) in [6.07, 6.45) is 18.4. The zero-order valence-electron chi connectivity index (χ0n) is 23.7. The minimum absolute atomic E-state index is 0. The lowest BCUT2D eigenvalue weighted by Crippen LogP contribution is -2.13. The first kappa shape index (κ1) is 31.0. The number of rotatable bonds is 16. The molecule has 1 unspecified atom stereocenters. The molecular formula is C32H53N3O. The maximum Gasteiger partial charge on any atom is 0.137 e. The fourth-order valence-electron chi connectivity index (χ4n) is 4.01. The number of benzene rings is 1. The zero-order chi connectivity index (χ0) is 26.8. The van der Waals surface area contributed by atoms with E-state index in [4.69, 9.17) is 4.74 Å². The van der Waals surface area contributed by atoms with Crippen molar-refractivity contribution in [3.63, 3.8) is 0 Å². The van der Waals surface area contributed by atoms with Crippen LogP contribution in [0.1, 0.15) is 102 Å². The van der Waals surface area contributed by atoms with Gasteiger partial charge in [-0.05, 0) is 75.3 Å². The molecule has 0 saturated heterocycles. The molecule has 4 nitrogen and oxygen atoms in total. The number of hydrogen-bond acceptors (Lipinski definition) is 4. The number of nitrogens with zero attached hydrogens (tertiary/aromatic N) is 2. The molecule has 0 aliphatic carbocycles. The molecule has 0 spiro atoms. The van der Waals surface area contributed by atoms with Crippen molar-refractivity contribution in [3.05, 3.63) is 70.6 Å². The van der Waals surface area contributed by atoms with Crippen LogP contribution in [0.3, 0.4) is 0 Å². The minimum atomic E-state index is 0. The number of allylic oxidation sites excluding steroid dienone is 8. The molecule has 0 aliphatic rings. The van der Waals surface area contributed by atoms with E-state index in [0.717, 1.165) is 41.8 Å². The second-order valence-electron chi connectivity index (χ2n) is 9.56. The first-order valence-corrected chi connectivity index (χ1v) is 13.5. The summed E-state index contributed by atoms with van der Waals surface area (Å²) in [7, 11) is 1.77. The fraction of sp³-hybridized carbons (Fsp3) is 0.500. The average Bonchev–Trinajstić information content (AvgIpc) is 2.85. The standard InChI is InChI=1S/C32H47N3O.3H2/c1-8-11-12-15-27(13-9-2)24-36-32-19-18-29(21-30(32)22-33)28(17-16-25(4)5)20-26(6)35-31(14-10-3)23-34-7;;;/h14,16-21,23,27,35H,8-13,15,24H2,1-7H3;3*1H/b26-20+,28-17+,31-14+,34-23?;;;. The Bertz CT molecular complexity index is 1000. The summed E-state index contributed by atoms with van der Waals surface area (Å²) in [5.74, 6) is 1.21. The SMILES string of the molecule is CC/C=C(\C=NC)N/C(C)=C/C(=C\C=C(C)C)c1ccc(OCC(CCC)CCCCC)c(C#N)c1.[HH].[HH].[HH]. The van der Waals surface area contributed by atoms with Gasteiger partial charge in [-0.15, -0.1) is 0 Å². The Morgan fingerprint density at radius 3 is 2.50 bits per heavy atom. The average molecular weight is 496 g/mol. The molecule has 0 fully saturated rings. The van der Waals surface area contributed by atoms with Crippen molar-refractivity contribution < 1.29 is 9.02 Å². The number of aliphatic imine (C=N–C) groups is 1. The van der Waals surface area contributed by atoms with Crippen LogP contribution in [-0.2, 0) is 0 Å². The molecule has 1 aromatic rings. The highest BCUT2D eigenvalue weighted by atomic mass is 16.5. The summed E-state index contributed by atoms with van der Waals surface area (Å²) < 4.78 is 6.19. The molecule has 202 valence electrons. The van der Waals surface area contributed by atoms with Crippen LogP contribution in [0.4, 0.5) is 0 Å². The Kier molecular flexibility index (Phi) is 15.7. The topological polar surface area (TPSA) is 57.4 Å². The molecule has 0 heterocycles. The predicted molar refractivity (Wildman–Crippen MR) is 163 cm³/mol. The predicted octanol–water partition coefficient (Wildman–Crippen LogP) is 9.51. The first-order valence-electron chi connectivity index (χ1n) is 13.5. The summed E-state index contributed by atoms with van der Waals surface area (Å²) >= 11 is 0. The van der Waals surface area contributed by atoms with Crippen LogP contribution in [0.15, 0.2) is 64.5 Å². The van der Waals surface area contributed by atoms with Crippen LogP contribution in [0.5, 0.6) is 5.75 Å². The van der Waals surface area contributed by atoms with Gasteiger partial charge in [0, 0.05) is 23.2 Å². The Balaban J connectivity index is -0.00000432. The molecule has 4 heteroatoms. The van der Waals surface area contributed by atoms with Gasteiger partial charge in [0.05, 0.1) is 17.9 Å². The lowest BCUT2D eigenvalue weighted by Gasteiger charge is -2.18. The third-order valence-corrected chi connectivity index (χ3v) is 5.82. The van der Waals surface area contributed by atoms with Gasteiger partial charge in [0.2, 0.25) is 0 Å². The highest BCUT2D eigenvalue weighted by molar-refractivity contribution is 5.80. The third kappa shape index (κ3) is 12.1. The zero-order valence-corrected chi connectivity index (χ0v) is 23.7. The normalized spacial score (nSPS) is 13.4. The van der Waals surface area contributed by atoms with Gasteiger partial charge in [-0.3, -0.25) is 4.99 Å². The quantitative estimate of drug-likeness (QED) is 0.141. The monoisotopic (exact) mass is 495 g/mol. The van der Waals surface area contributed by atoms with Gasteiger partial charge < -0.3 is 10.1 Å². The van der Waals surface area contributed by atoms with E-state index in [1.54, 1.807) is 7.05 Å². The van der Waals surface area contributed by atoms with E-state index in [9.17, 15) is 5.26 Å². The highest BCUT2D eigenvalue weighted by Crippen LogP contribution is 2.27. The van der Waals surface area contributed by atoms with Gasteiger partial charge in [-0.1, -0.05) is 76.3 Å². The van der Waals surface area contributed by atoms with Crippen molar-refractivity contribution in [2.45, 2.75) is 86.5 Å². The van der Waals surface area contributed by atoms with E-state index in [1.165, 1.54) is 31.3 Å². The minimum Gasteiger partial charge on any atom is -0.492 e. The van der Waals surface area contributed by atoms with Crippen LogP contribution in [-0.4, -0.2) is 19.9 Å². The molecule has 36 heavy (non-hydrogen) atoms. The van der Waals surface area contributed by atoms with Gasteiger partial charge in [0.1, 0.15) is 11.8 Å². The van der Waals surface area contributed by atoms with Gasteiger partial charge >= 0.3 is 0 Å². The maximum absolute atomic E-state index is 9.89. The molecular weight excluding hydrogens is 442 g/mol. The van der Waals surface area contributed by atoms with E-state index in [-0.39, 0.29) is 4.28 Å². The molecule has 0 amide bonds. The molecule has 0 bridgehead atoms. The van der Waals surface area contributed by atoms with Crippen LogP contribution in [0.2, 0.25) is 0 Å². The van der Waals surface area contributed by atoms with Crippen molar-refractivity contribution in [3.8, 4) is 11.8 Å². The molecule has 1 aromatic carbocycles. The van der Waals surface area contributed by atoms with Crippen molar-refractivity contribution in [2.24, 2.45) is 10.9 Å². The maximum atomic E-state index is 9.89. The van der Waals surface area contributed by atoms with E-state index < -0.39 is 0 Å². The molecule has 0 saturated carbocycles. The van der Waals surface area contributed by atoms with Crippen molar-refractivity contribution in [1.29, 1.82) is 5.26 Å². The number of nitriles is 1. The molecule has 0 radical (unpaired) electrons. The van der Waals surface area contributed by atoms with E-state index in [2.05, 4.69) is 75.3 Å². The van der Waals surface area contributed by atoms with E-state index in [0.29, 0.717) is 23.8 Å². The van der Waals surface area contributed by atoms with Gasteiger partial charge in [0.25, 0.3) is 0 Å². The molecule has 1 N–H and O–H groups in total. The van der Waals surface area contributed by atoms with E-state index >= 15 is 0 Å². The van der Waals surface area contributed by atoms with Crippen LogP contribution in [0.25, 0.3) is 5.57 Å². The summed E-state index contributed by atoms with van der Waals surface area (Å²) in [5.41, 5.74) is 5.76. The first-order chi connectivity index (χ1) is 17.4. The number of ether oxygens (including phenoxy) is 1. The molecule has 1 rings (SSSR count). The molecule has 1 atom stereocenters. The fourth-order valence-corrected chi connectivity index (χ4v) is 4.01. The van der Waals surface area contributed by atoms with Gasteiger partial charge in [-0.2, -0.15) is 5.26 Å². The number of unbranched alkanes of at least 4 members (excludes halogenated alkanes) is 2. The Hall–Kier alpha value is -3.06. The summed E-state index contributed by atoms with van der Waals surface area (Å²) in [4.78, 5) is 4.14. The Morgan fingerprint density at radius 1 is 1.11 bits per heavy atom. The highest BCUT2D eigenvalue weighted by Gasteiger charge is 2.12. The van der Waals surface area contributed by atoms with Gasteiger partial charge in [0.15, 0.2) is 0 Å². The van der Waals surface area contributed by atoms with Crippen LogP contribution < -0.4 is 10.1 Å². The number of hydrogen-bond donors (Lipinski definition) is 1. The third-order valence-electron chi connectivity index (χ3n) is 5.82. The molecule has 0 aromatic heterocycles. The smallest absolute Gasteiger partial charge is 0.137 e. The lowest BCUT2D eigenvalue weighted by molar-refractivity contribution is 0.226. The van der Waals surface area contributed by atoms with Crippen molar-refractivity contribution >= 4 is 11.8 Å². The Morgan fingerprint density at radius 2 is 1.89 bits per heavy atom. The summed E-state index contributed by atoms with van der Waals surface area (Å²) in [6, 6.07) is 8.28. The van der Waals surface area contributed by atoms with E-state index in [1.807, 2.05) is 31.3 Å². The summed E-state index contributed by atoms with van der Waals surface area (Å²) in [6.45, 7) is 13.4. The summed E-state index contributed by atoms with van der Waals surface area (Å²) in [5, 5.41) is 13.3. The number of nitrogens with one attached hydrogen (secondary N) is 1.